The molecule has 2 rings (SSSR count). The maximum absolute atomic E-state index is 13.9. The number of benzene rings is 1. The lowest BCUT2D eigenvalue weighted by Crippen LogP contribution is -2.33. The summed E-state index contributed by atoms with van der Waals surface area (Å²) in [7, 11) is 3.01. The highest BCUT2D eigenvalue weighted by molar-refractivity contribution is 5.84. The third-order valence-corrected chi connectivity index (χ3v) is 3.69. The molecule has 0 bridgehead atoms. The van der Waals surface area contributed by atoms with Crippen LogP contribution in [-0.4, -0.2) is 44.2 Å². The number of hydrogen-bond donors (Lipinski definition) is 1. The Labute approximate surface area is 124 Å². The maximum atomic E-state index is 13.9. The smallest absolute Gasteiger partial charge is 0.241 e. The van der Waals surface area contributed by atoms with Gasteiger partial charge in [-0.2, -0.15) is 0 Å². The van der Waals surface area contributed by atoms with Crippen LogP contribution in [0.5, 0.6) is 5.75 Å². The van der Waals surface area contributed by atoms with Gasteiger partial charge in [-0.1, -0.05) is 13.0 Å². The summed E-state index contributed by atoms with van der Waals surface area (Å²) in [6, 6.07) is 4.51. The molecule has 0 spiro atoms. The van der Waals surface area contributed by atoms with Crippen molar-refractivity contribution in [2.24, 2.45) is 0 Å². The lowest BCUT2D eigenvalue weighted by atomic mass is 10.1. The van der Waals surface area contributed by atoms with E-state index in [0.717, 1.165) is 0 Å². The van der Waals surface area contributed by atoms with Gasteiger partial charge in [-0.05, 0) is 24.1 Å². The van der Waals surface area contributed by atoms with Gasteiger partial charge in [-0.3, -0.25) is 10.1 Å². The lowest BCUT2D eigenvalue weighted by molar-refractivity contribution is -0.130. The standard InChI is InChI=1S/C15H21FN2O3/c1-4-12-15(19)18(7-8-20-2)14(17-12)10-5-6-13(21-3)11(16)9-10/h5-6,9,12,14,17H,4,7-8H2,1-3H3. The quantitative estimate of drug-likeness (QED) is 0.868. The molecule has 1 aromatic carbocycles. The zero-order valence-electron chi connectivity index (χ0n) is 12.6. The summed E-state index contributed by atoms with van der Waals surface area (Å²) in [4.78, 5) is 14.0. The van der Waals surface area contributed by atoms with Gasteiger partial charge in [0.1, 0.15) is 6.17 Å². The summed E-state index contributed by atoms with van der Waals surface area (Å²) in [6.45, 7) is 2.86. The first-order valence-corrected chi connectivity index (χ1v) is 7.01. The van der Waals surface area contributed by atoms with Gasteiger partial charge in [-0.25, -0.2) is 4.39 Å². The van der Waals surface area contributed by atoms with Gasteiger partial charge < -0.3 is 14.4 Å². The Morgan fingerprint density at radius 3 is 2.71 bits per heavy atom. The van der Waals surface area contributed by atoms with Crippen molar-refractivity contribution in [2.75, 3.05) is 27.4 Å². The van der Waals surface area contributed by atoms with E-state index in [1.54, 1.807) is 24.1 Å². The Kier molecular flexibility index (Phi) is 5.14. The van der Waals surface area contributed by atoms with E-state index < -0.39 is 5.82 Å². The third-order valence-electron chi connectivity index (χ3n) is 3.69. The summed E-state index contributed by atoms with van der Waals surface area (Å²) in [5.74, 6) is -0.217. The Balaban J connectivity index is 2.26. The summed E-state index contributed by atoms with van der Waals surface area (Å²) in [5.41, 5.74) is 0.703. The Morgan fingerprint density at radius 2 is 2.14 bits per heavy atom. The van der Waals surface area contributed by atoms with Gasteiger partial charge in [0, 0.05) is 13.7 Å². The number of nitrogens with zero attached hydrogens (tertiary/aromatic N) is 1. The minimum absolute atomic E-state index is 0.0239. The molecule has 1 amide bonds. The number of halogens is 1. The van der Waals surface area contributed by atoms with E-state index in [-0.39, 0.29) is 23.9 Å². The van der Waals surface area contributed by atoms with E-state index in [4.69, 9.17) is 9.47 Å². The van der Waals surface area contributed by atoms with Crippen molar-refractivity contribution in [2.45, 2.75) is 25.6 Å². The second-order valence-electron chi connectivity index (χ2n) is 4.95. The highest BCUT2D eigenvalue weighted by Gasteiger charge is 2.38. The van der Waals surface area contributed by atoms with Gasteiger partial charge in [0.15, 0.2) is 11.6 Å². The Hall–Kier alpha value is -1.66. The molecule has 2 atom stereocenters. The highest BCUT2D eigenvalue weighted by atomic mass is 19.1. The summed E-state index contributed by atoms with van der Waals surface area (Å²) in [6.07, 6.45) is 0.357. The van der Waals surface area contributed by atoms with Crippen molar-refractivity contribution in [1.29, 1.82) is 0 Å². The molecule has 116 valence electrons. The molecule has 1 N–H and O–H groups in total. The van der Waals surface area contributed by atoms with Crippen LogP contribution in [0.15, 0.2) is 18.2 Å². The fraction of sp³-hybridized carbons (Fsp3) is 0.533. The van der Waals surface area contributed by atoms with E-state index in [0.29, 0.717) is 25.1 Å². The molecule has 2 unspecified atom stereocenters. The van der Waals surface area contributed by atoms with Crippen molar-refractivity contribution < 1.29 is 18.7 Å². The van der Waals surface area contributed by atoms with Gasteiger partial charge in [0.25, 0.3) is 0 Å². The third kappa shape index (κ3) is 3.16. The molecule has 0 aliphatic carbocycles. The maximum Gasteiger partial charge on any atom is 0.241 e. The molecule has 1 aliphatic heterocycles. The van der Waals surface area contributed by atoms with Gasteiger partial charge in [0.05, 0.1) is 19.8 Å². The molecule has 0 saturated carbocycles. The van der Waals surface area contributed by atoms with E-state index in [1.807, 2.05) is 6.92 Å². The van der Waals surface area contributed by atoms with Crippen LogP contribution in [0.2, 0.25) is 0 Å². The molecule has 1 heterocycles. The lowest BCUT2D eigenvalue weighted by Gasteiger charge is -2.24. The Bertz CT molecular complexity index is 510. The monoisotopic (exact) mass is 296 g/mol. The van der Waals surface area contributed by atoms with Gasteiger partial charge in [-0.15, -0.1) is 0 Å². The number of nitrogens with one attached hydrogen (secondary N) is 1. The molecule has 5 nitrogen and oxygen atoms in total. The van der Waals surface area contributed by atoms with E-state index in [9.17, 15) is 9.18 Å². The van der Waals surface area contributed by atoms with Crippen LogP contribution in [0.4, 0.5) is 4.39 Å². The zero-order valence-corrected chi connectivity index (χ0v) is 12.6. The molecule has 1 saturated heterocycles. The van der Waals surface area contributed by atoms with Crippen molar-refractivity contribution in [3.8, 4) is 5.75 Å². The molecule has 0 radical (unpaired) electrons. The minimum atomic E-state index is -0.434. The van der Waals surface area contributed by atoms with Crippen LogP contribution in [0.3, 0.4) is 0 Å². The van der Waals surface area contributed by atoms with Crippen molar-refractivity contribution in [3.63, 3.8) is 0 Å². The first kappa shape index (κ1) is 15.7. The second kappa shape index (κ2) is 6.87. The fourth-order valence-corrected chi connectivity index (χ4v) is 2.53. The van der Waals surface area contributed by atoms with Crippen LogP contribution >= 0.6 is 0 Å². The van der Waals surface area contributed by atoms with Crippen LogP contribution in [0, 0.1) is 5.82 Å². The number of carbonyl (C=O) groups excluding carboxylic acids is 1. The first-order chi connectivity index (χ1) is 10.1. The molecule has 1 aliphatic rings. The van der Waals surface area contributed by atoms with Crippen molar-refractivity contribution >= 4 is 5.91 Å². The molecular weight excluding hydrogens is 275 g/mol. The number of ether oxygens (including phenoxy) is 2. The predicted octanol–water partition coefficient (Wildman–Crippen LogP) is 1.69. The van der Waals surface area contributed by atoms with Crippen LogP contribution in [0.25, 0.3) is 0 Å². The number of methoxy groups -OCH3 is 2. The topological polar surface area (TPSA) is 50.8 Å². The molecule has 1 fully saturated rings. The van der Waals surface area contributed by atoms with Crippen molar-refractivity contribution in [3.05, 3.63) is 29.6 Å². The molecular formula is C15H21FN2O3. The molecule has 6 heteroatoms. The second-order valence-corrected chi connectivity index (χ2v) is 4.95. The molecule has 0 aromatic heterocycles. The van der Waals surface area contributed by atoms with Crippen LogP contribution in [0.1, 0.15) is 25.1 Å². The number of amides is 1. The van der Waals surface area contributed by atoms with E-state index >= 15 is 0 Å². The van der Waals surface area contributed by atoms with E-state index in [1.165, 1.54) is 13.2 Å². The average molecular weight is 296 g/mol. The number of hydrogen-bond acceptors (Lipinski definition) is 4. The minimum Gasteiger partial charge on any atom is -0.494 e. The normalized spacial score (nSPS) is 21.9. The summed E-state index contributed by atoms with van der Waals surface area (Å²) in [5, 5.41) is 3.24. The number of rotatable bonds is 6. The van der Waals surface area contributed by atoms with Gasteiger partial charge in [0.2, 0.25) is 5.91 Å². The van der Waals surface area contributed by atoms with Gasteiger partial charge >= 0.3 is 0 Å². The van der Waals surface area contributed by atoms with E-state index in [2.05, 4.69) is 5.32 Å². The fourth-order valence-electron chi connectivity index (χ4n) is 2.53. The zero-order chi connectivity index (χ0) is 15.4. The molecule has 21 heavy (non-hydrogen) atoms. The highest BCUT2D eigenvalue weighted by Crippen LogP contribution is 2.29. The first-order valence-electron chi connectivity index (χ1n) is 7.01. The van der Waals surface area contributed by atoms with Crippen LogP contribution in [-0.2, 0) is 9.53 Å². The van der Waals surface area contributed by atoms with Crippen LogP contribution < -0.4 is 10.1 Å². The average Bonchev–Trinajstić information content (AvgIpc) is 2.81. The summed E-state index contributed by atoms with van der Waals surface area (Å²) >= 11 is 0. The predicted molar refractivity (Wildman–Crippen MR) is 76.5 cm³/mol. The number of carbonyl (C=O) groups is 1. The largest absolute Gasteiger partial charge is 0.494 e. The van der Waals surface area contributed by atoms with Crippen molar-refractivity contribution in [1.82, 2.24) is 10.2 Å². The SMILES string of the molecule is CCC1NC(c2ccc(OC)c(F)c2)N(CCOC)C1=O. The summed E-state index contributed by atoms with van der Waals surface area (Å²) < 4.78 is 23.8. The Morgan fingerprint density at radius 1 is 1.38 bits per heavy atom. The molecule has 1 aromatic rings.